The maximum Gasteiger partial charge on any atom is 0.187 e. The predicted molar refractivity (Wildman–Crippen MR) is 88.1 cm³/mol. The van der Waals surface area contributed by atoms with Crippen molar-refractivity contribution in [2.45, 2.75) is 0 Å². The summed E-state index contributed by atoms with van der Waals surface area (Å²) in [6.07, 6.45) is 2.99. The number of methoxy groups -OCH3 is 2. The number of carbonyl (C=O) groups is 1. The van der Waals surface area contributed by atoms with Crippen LogP contribution >= 0.6 is 11.6 Å². The summed E-state index contributed by atoms with van der Waals surface area (Å²) in [4.78, 5) is 12.0. The second-order valence-electron chi connectivity index (χ2n) is 4.42. The van der Waals surface area contributed by atoms with Crippen LogP contribution in [0.4, 0.5) is 5.69 Å². The lowest BCUT2D eigenvalue weighted by Crippen LogP contribution is -1.97. The topological polar surface area (TPSA) is 47.6 Å². The van der Waals surface area contributed by atoms with E-state index in [2.05, 4.69) is 5.32 Å². The monoisotopic (exact) mass is 317 g/mol. The van der Waals surface area contributed by atoms with Gasteiger partial charge in [0, 0.05) is 23.9 Å². The van der Waals surface area contributed by atoms with E-state index in [-0.39, 0.29) is 5.78 Å². The molecule has 1 N–H and O–H groups in total. The summed E-state index contributed by atoms with van der Waals surface area (Å²) in [5.41, 5.74) is 1.25. The number of benzene rings is 2. The Labute approximate surface area is 134 Å². The summed E-state index contributed by atoms with van der Waals surface area (Å²) in [5.74, 6) is 1.28. The van der Waals surface area contributed by atoms with Crippen LogP contribution in [-0.2, 0) is 0 Å². The van der Waals surface area contributed by atoms with E-state index in [4.69, 9.17) is 21.1 Å². The maximum atomic E-state index is 12.0. The van der Waals surface area contributed by atoms with Crippen molar-refractivity contribution in [3.05, 3.63) is 65.3 Å². The van der Waals surface area contributed by atoms with Crippen LogP contribution in [0.15, 0.2) is 54.7 Å². The average molecular weight is 318 g/mol. The Bertz CT molecular complexity index is 681. The van der Waals surface area contributed by atoms with Crippen LogP contribution < -0.4 is 14.8 Å². The van der Waals surface area contributed by atoms with Crippen molar-refractivity contribution in [1.82, 2.24) is 0 Å². The molecule has 0 saturated carbocycles. The van der Waals surface area contributed by atoms with E-state index in [1.54, 1.807) is 62.9 Å². The van der Waals surface area contributed by atoms with Gasteiger partial charge in [0.1, 0.15) is 11.5 Å². The van der Waals surface area contributed by atoms with E-state index in [1.165, 1.54) is 6.08 Å². The third kappa shape index (κ3) is 4.02. The number of carbonyl (C=O) groups excluding carboxylic acids is 1. The number of anilines is 1. The fourth-order valence-electron chi connectivity index (χ4n) is 1.80. The standard InChI is InChI=1S/C17H16ClNO3/c1-21-13-5-3-12(4-6-13)17(20)9-10-19-16-11-14(22-2)7-8-15(16)18/h3-11,19H,1-2H3/b10-9+. The number of halogens is 1. The highest BCUT2D eigenvalue weighted by Gasteiger charge is 2.03. The summed E-state index contributed by atoms with van der Waals surface area (Å²) >= 11 is 6.07. The molecule has 0 atom stereocenters. The molecule has 0 amide bonds. The number of hydrogen-bond donors (Lipinski definition) is 1. The zero-order valence-electron chi connectivity index (χ0n) is 12.3. The molecule has 2 aromatic carbocycles. The average Bonchev–Trinajstić information content (AvgIpc) is 2.56. The largest absolute Gasteiger partial charge is 0.497 e. The molecule has 2 rings (SSSR count). The number of ketones is 1. The highest BCUT2D eigenvalue weighted by molar-refractivity contribution is 6.33. The molecule has 0 aromatic heterocycles. The summed E-state index contributed by atoms with van der Waals surface area (Å²) in [6.45, 7) is 0. The van der Waals surface area contributed by atoms with E-state index in [1.807, 2.05) is 0 Å². The minimum Gasteiger partial charge on any atom is -0.497 e. The van der Waals surface area contributed by atoms with Gasteiger partial charge in [0.15, 0.2) is 5.78 Å². The third-order valence-electron chi connectivity index (χ3n) is 3.02. The van der Waals surface area contributed by atoms with Crippen molar-refractivity contribution in [3.8, 4) is 11.5 Å². The van der Waals surface area contributed by atoms with Crippen molar-refractivity contribution >= 4 is 23.1 Å². The Morgan fingerprint density at radius 1 is 1.05 bits per heavy atom. The number of allylic oxidation sites excluding steroid dienone is 1. The normalized spacial score (nSPS) is 10.5. The first kappa shape index (κ1) is 15.9. The van der Waals surface area contributed by atoms with Crippen molar-refractivity contribution in [2.24, 2.45) is 0 Å². The van der Waals surface area contributed by atoms with Gasteiger partial charge in [-0.1, -0.05) is 11.6 Å². The number of nitrogens with one attached hydrogen (secondary N) is 1. The van der Waals surface area contributed by atoms with Gasteiger partial charge in [-0.2, -0.15) is 0 Å². The lowest BCUT2D eigenvalue weighted by atomic mass is 10.1. The first-order valence-electron chi connectivity index (χ1n) is 6.59. The molecule has 0 bridgehead atoms. The highest BCUT2D eigenvalue weighted by atomic mass is 35.5. The number of rotatable bonds is 6. The molecular weight excluding hydrogens is 302 g/mol. The second-order valence-corrected chi connectivity index (χ2v) is 4.82. The van der Waals surface area contributed by atoms with Gasteiger partial charge in [-0.05, 0) is 36.4 Å². The van der Waals surface area contributed by atoms with Crippen molar-refractivity contribution < 1.29 is 14.3 Å². The Kier molecular flexibility index (Phi) is 5.44. The minimum atomic E-state index is -0.117. The molecule has 2 aromatic rings. The van der Waals surface area contributed by atoms with Gasteiger partial charge < -0.3 is 14.8 Å². The second kappa shape index (κ2) is 7.52. The van der Waals surface area contributed by atoms with Gasteiger partial charge in [-0.15, -0.1) is 0 Å². The van der Waals surface area contributed by atoms with Gasteiger partial charge in [0.25, 0.3) is 0 Å². The lowest BCUT2D eigenvalue weighted by Gasteiger charge is -2.06. The summed E-state index contributed by atoms with van der Waals surface area (Å²) in [7, 11) is 3.16. The molecule has 22 heavy (non-hydrogen) atoms. The zero-order valence-corrected chi connectivity index (χ0v) is 13.1. The third-order valence-corrected chi connectivity index (χ3v) is 3.35. The maximum absolute atomic E-state index is 12.0. The lowest BCUT2D eigenvalue weighted by molar-refractivity contribution is 0.104. The molecule has 0 aliphatic heterocycles. The van der Waals surface area contributed by atoms with Crippen molar-refractivity contribution in [3.63, 3.8) is 0 Å². The highest BCUT2D eigenvalue weighted by Crippen LogP contribution is 2.26. The number of ether oxygens (including phenoxy) is 2. The van der Waals surface area contributed by atoms with Crippen LogP contribution in [0.25, 0.3) is 0 Å². The van der Waals surface area contributed by atoms with Gasteiger partial charge in [-0.25, -0.2) is 0 Å². The fourth-order valence-corrected chi connectivity index (χ4v) is 1.97. The van der Waals surface area contributed by atoms with Crippen molar-refractivity contribution in [1.29, 1.82) is 0 Å². The summed E-state index contributed by atoms with van der Waals surface area (Å²) in [5, 5.41) is 3.52. The van der Waals surface area contributed by atoms with Gasteiger partial charge >= 0.3 is 0 Å². The fraction of sp³-hybridized carbons (Fsp3) is 0.118. The Morgan fingerprint density at radius 2 is 1.68 bits per heavy atom. The van der Waals surface area contributed by atoms with Crippen LogP contribution in [0.2, 0.25) is 5.02 Å². The zero-order chi connectivity index (χ0) is 15.9. The van der Waals surface area contributed by atoms with Crippen LogP contribution in [-0.4, -0.2) is 20.0 Å². The van der Waals surface area contributed by atoms with Crippen LogP contribution in [0, 0.1) is 0 Å². The predicted octanol–water partition coefficient (Wildman–Crippen LogP) is 4.17. The smallest absolute Gasteiger partial charge is 0.187 e. The summed E-state index contributed by atoms with van der Waals surface area (Å²) in [6, 6.07) is 12.2. The molecule has 0 radical (unpaired) electrons. The Morgan fingerprint density at radius 3 is 2.32 bits per heavy atom. The first-order chi connectivity index (χ1) is 10.6. The van der Waals surface area contributed by atoms with Gasteiger partial charge in [0.05, 0.1) is 24.9 Å². The van der Waals surface area contributed by atoms with Crippen molar-refractivity contribution in [2.75, 3.05) is 19.5 Å². The van der Waals surface area contributed by atoms with E-state index in [9.17, 15) is 4.79 Å². The Hall–Kier alpha value is -2.46. The first-order valence-corrected chi connectivity index (χ1v) is 6.97. The summed E-state index contributed by atoms with van der Waals surface area (Å²) < 4.78 is 10.2. The van der Waals surface area contributed by atoms with Crippen LogP contribution in [0.1, 0.15) is 10.4 Å². The molecular formula is C17H16ClNO3. The van der Waals surface area contributed by atoms with E-state index in [0.29, 0.717) is 27.8 Å². The van der Waals surface area contributed by atoms with Gasteiger partial charge in [0.2, 0.25) is 0 Å². The molecule has 5 heteroatoms. The molecule has 0 fully saturated rings. The molecule has 0 aliphatic rings. The van der Waals surface area contributed by atoms with E-state index >= 15 is 0 Å². The molecule has 0 spiro atoms. The molecule has 0 heterocycles. The number of hydrogen-bond acceptors (Lipinski definition) is 4. The molecule has 114 valence electrons. The van der Waals surface area contributed by atoms with E-state index < -0.39 is 0 Å². The Balaban J connectivity index is 2.03. The van der Waals surface area contributed by atoms with Gasteiger partial charge in [-0.3, -0.25) is 4.79 Å². The molecule has 0 saturated heterocycles. The molecule has 0 aliphatic carbocycles. The van der Waals surface area contributed by atoms with Crippen LogP contribution in [0.3, 0.4) is 0 Å². The molecule has 4 nitrogen and oxygen atoms in total. The quantitative estimate of drug-likeness (QED) is 0.642. The SMILES string of the molecule is COc1ccc(C(=O)/C=C/Nc2cc(OC)ccc2Cl)cc1. The minimum absolute atomic E-state index is 0.117. The molecule has 0 unspecified atom stereocenters. The van der Waals surface area contributed by atoms with E-state index in [0.717, 1.165) is 0 Å². The van der Waals surface area contributed by atoms with Crippen LogP contribution in [0.5, 0.6) is 11.5 Å².